The predicted octanol–water partition coefficient (Wildman–Crippen LogP) is 2.67. The van der Waals surface area contributed by atoms with Crippen LogP contribution in [0.25, 0.3) is 0 Å². The number of hydrogen-bond donors (Lipinski definition) is 1. The van der Waals surface area contributed by atoms with Crippen LogP contribution in [0, 0.1) is 5.92 Å². The fraction of sp³-hybridized carbons (Fsp3) is 1.00. The van der Waals surface area contributed by atoms with Gasteiger partial charge in [0.2, 0.25) is 0 Å². The Morgan fingerprint density at radius 3 is 2.30 bits per heavy atom. The van der Waals surface area contributed by atoms with E-state index in [2.05, 4.69) is 33.1 Å². The second-order valence-corrected chi connectivity index (χ2v) is 3.07. The maximum atomic E-state index is 3.35. The van der Waals surface area contributed by atoms with E-state index in [1.807, 2.05) is 0 Å². The summed E-state index contributed by atoms with van der Waals surface area (Å²) in [5.41, 5.74) is 0. The molecule has 0 aliphatic carbocycles. The molecule has 0 amide bonds. The first-order valence-electron chi connectivity index (χ1n) is 4.43. The number of nitrogens with one attached hydrogen (secondary N) is 1. The van der Waals surface area contributed by atoms with Gasteiger partial charge in [-0.1, -0.05) is 33.6 Å². The van der Waals surface area contributed by atoms with Crippen LogP contribution in [0.4, 0.5) is 0 Å². The van der Waals surface area contributed by atoms with Gasteiger partial charge in [0.05, 0.1) is 0 Å². The summed E-state index contributed by atoms with van der Waals surface area (Å²) in [6.07, 6.45) is 3.88. The van der Waals surface area contributed by atoms with Gasteiger partial charge in [-0.3, -0.25) is 0 Å². The fourth-order valence-corrected chi connectivity index (χ4v) is 1.31. The second kappa shape index (κ2) is 5.72. The molecule has 1 nitrogen and oxygen atoms in total. The van der Waals surface area contributed by atoms with Crippen LogP contribution >= 0.6 is 0 Å². The average molecular weight is 145 g/mol. The van der Waals surface area contributed by atoms with Crippen LogP contribution < -0.4 is 5.32 Å². The molecule has 0 aromatic heterocycles. The minimum atomic E-state index is 0. The van der Waals surface area contributed by atoms with E-state index in [0.717, 1.165) is 12.0 Å². The minimum Gasteiger partial charge on any atom is -0.317 e. The Morgan fingerprint density at radius 1 is 1.40 bits per heavy atom. The zero-order valence-corrected chi connectivity index (χ0v) is 7.78. The normalized spacial score (nSPS) is 16.8. The molecular weight excluding hydrogens is 122 g/mol. The van der Waals surface area contributed by atoms with E-state index in [9.17, 15) is 0 Å². The van der Waals surface area contributed by atoms with Crippen molar-refractivity contribution < 1.29 is 1.43 Å². The quantitative estimate of drug-likeness (QED) is 0.627. The maximum absolute atomic E-state index is 3.35. The third-order valence-corrected chi connectivity index (χ3v) is 2.30. The van der Waals surface area contributed by atoms with Gasteiger partial charge in [-0.15, -0.1) is 0 Å². The van der Waals surface area contributed by atoms with Gasteiger partial charge in [-0.25, -0.2) is 0 Å². The van der Waals surface area contributed by atoms with Crippen molar-refractivity contribution in [3.05, 3.63) is 0 Å². The SMILES string of the molecule is CCCC(NC)[C@H](C)CC.[HH]. The molecule has 1 unspecified atom stereocenters. The second-order valence-electron chi connectivity index (χ2n) is 3.07. The standard InChI is InChI=1S/C9H21N.H2/c1-5-7-9(10-4)8(3)6-2;/h8-10H,5-7H2,1-4H3;1H/t8-,9?;/m1./s1. The zero-order chi connectivity index (χ0) is 7.98. The first-order chi connectivity index (χ1) is 4.76. The van der Waals surface area contributed by atoms with Crippen LogP contribution in [0.3, 0.4) is 0 Å². The molecule has 0 saturated heterocycles. The Bertz CT molecular complexity index is 76.0. The van der Waals surface area contributed by atoms with E-state index in [1.54, 1.807) is 0 Å². The zero-order valence-electron chi connectivity index (χ0n) is 7.78. The predicted molar refractivity (Wildman–Crippen MR) is 49.3 cm³/mol. The maximum Gasteiger partial charge on any atom is 0.00894 e. The van der Waals surface area contributed by atoms with Crippen molar-refractivity contribution in [2.24, 2.45) is 5.92 Å². The van der Waals surface area contributed by atoms with Crippen molar-refractivity contribution >= 4 is 0 Å². The number of hydrogen-bond acceptors (Lipinski definition) is 1. The molecule has 0 heterocycles. The third-order valence-electron chi connectivity index (χ3n) is 2.30. The van der Waals surface area contributed by atoms with E-state index in [-0.39, 0.29) is 1.43 Å². The lowest BCUT2D eigenvalue weighted by atomic mass is 9.96. The van der Waals surface area contributed by atoms with Gasteiger partial charge >= 0.3 is 0 Å². The van der Waals surface area contributed by atoms with Gasteiger partial charge in [0, 0.05) is 7.47 Å². The average Bonchev–Trinajstić information content (AvgIpc) is 1.99. The van der Waals surface area contributed by atoms with Crippen LogP contribution in [0.15, 0.2) is 0 Å². The fourth-order valence-electron chi connectivity index (χ4n) is 1.31. The Kier molecular flexibility index (Phi) is 5.70. The largest absolute Gasteiger partial charge is 0.317 e. The first-order valence-corrected chi connectivity index (χ1v) is 4.43. The summed E-state index contributed by atoms with van der Waals surface area (Å²) in [6.45, 7) is 6.81. The van der Waals surface area contributed by atoms with Crippen LogP contribution in [0.5, 0.6) is 0 Å². The lowest BCUT2D eigenvalue weighted by molar-refractivity contribution is 0.366. The van der Waals surface area contributed by atoms with E-state index < -0.39 is 0 Å². The molecule has 0 saturated carbocycles. The van der Waals surface area contributed by atoms with E-state index in [1.165, 1.54) is 19.3 Å². The summed E-state index contributed by atoms with van der Waals surface area (Å²) in [4.78, 5) is 0. The van der Waals surface area contributed by atoms with Crippen LogP contribution in [-0.2, 0) is 0 Å². The topological polar surface area (TPSA) is 12.0 Å². The molecule has 1 N–H and O–H groups in total. The molecule has 64 valence electrons. The van der Waals surface area contributed by atoms with E-state index >= 15 is 0 Å². The monoisotopic (exact) mass is 145 g/mol. The Hall–Kier alpha value is -0.0400. The van der Waals surface area contributed by atoms with Crippen LogP contribution in [0.2, 0.25) is 0 Å². The summed E-state index contributed by atoms with van der Waals surface area (Å²) >= 11 is 0. The van der Waals surface area contributed by atoms with Gasteiger partial charge in [0.15, 0.2) is 0 Å². The van der Waals surface area contributed by atoms with Crippen molar-refractivity contribution in [3.63, 3.8) is 0 Å². The summed E-state index contributed by atoms with van der Waals surface area (Å²) in [5.74, 6) is 0.824. The molecule has 0 bridgehead atoms. The van der Waals surface area contributed by atoms with E-state index in [4.69, 9.17) is 0 Å². The van der Waals surface area contributed by atoms with Gasteiger partial charge in [0.1, 0.15) is 0 Å². The van der Waals surface area contributed by atoms with Crippen LogP contribution in [0.1, 0.15) is 41.5 Å². The molecule has 0 aromatic carbocycles. The van der Waals surface area contributed by atoms with Crippen LogP contribution in [-0.4, -0.2) is 13.1 Å². The molecule has 0 aliphatic rings. The summed E-state index contributed by atoms with van der Waals surface area (Å²) in [5, 5.41) is 3.35. The Labute approximate surface area is 66.7 Å². The molecule has 0 aromatic rings. The van der Waals surface area contributed by atoms with Crippen molar-refractivity contribution in [3.8, 4) is 0 Å². The molecular formula is C9H23N. The third kappa shape index (κ3) is 3.21. The van der Waals surface area contributed by atoms with Gasteiger partial charge in [-0.05, 0) is 19.4 Å². The highest BCUT2D eigenvalue weighted by Gasteiger charge is 2.10. The molecule has 0 spiro atoms. The highest BCUT2D eigenvalue weighted by atomic mass is 14.9. The molecule has 10 heavy (non-hydrogen) atoms. The van der Waals surface area contributed by atoms with Crippen molar-refractivity contribution in [1.82, 2.24) is 5.32 Å². The first kappa shape index (κ1) is 9.96. The molecule has 0 radical (unpaired) electrons. The highest BCUT2D eigenvalue weighted by molar-refractivity contribution is 4.69. The molecule has 1 heteroatoms. The molecule has 2 atom stereocenters. The summed E-state index contributed by atoms with van der Waals surface area (Å²) in [7, 11) is 2.06. The number of rotatable bonds is 5. The van der Waals surface area contributed by atoms with E-state index in [0.29, 0.717) is 0 Å². The molecule has 0 aliphatic heterocycles. The van der Waals surface area contributed by atoms with Gasteiger partial charge in [-0.2, -0.15) is 0 Å². The molecule has 0 fully saturated rings. The minimum absolute atomic E-state index is 0. The highest BCUT2D eigenvalue weighted by Crippen LogP contribution is 2.11. The molecule has 0 rings (SSSR count). The van der Waals surface area contributed by atoms with Crippen molar-refractivity contribution in [2.45, 2.75) is 46.1 Å². The summed E-state index contributed by atoms with van der Waals surface area (Å²) < 4.78 is 0. The van der Waals surface area contributed by atoms with Crippen molar-refractivity contribution in [2.75, 3.05) is 7.05 Å². The lowest BCUT2D eigenvalue weighted by Gasteiger charge is -2.21. The lowest BCUT2D eigenvalue weighted by Crippen LogP contribution is -2.31. The summed E-state index contributed by atoms with van der Waals surface area (Å²) in [6, 6.07) is 0.731. The van der Waals surface area contributed by atoms with Gasteiger partial charge < -0.3 is 5.32 Å². The smallest absolute Gasteiger partial charge is 0.00894 e. The Morgan fingerprint density at radius 2 is 2.00 bits per heavy atom. The van der Waals surface area contributed by atoms with Crippen molar-refractivity contribution in [1.29, 1.82) is 0 Å². The Balaban J connectivity index is 0. The van der Waals surface area contributed by atoms with Gasteiger partial charge in [0.25, 0.3) is 0 Å².